The molecule has 118 valence electrons. The number of rotatable bonds is 8. The van der Waals surface area contributed by atoms with Gasteiger partial charge in [0.2, 0.25) is 0 Å². The fourth-order valence-corrected chi connectivity index (χ4v) is 1.45. The largest absolute Gasteiger partial charge is 0.490 e. The summed E-state index contributed by atoms with van der Waals surface area (Å²) in [5.74, 6) is 1.53. The molecule has 0 spiro atoms. The van der Waals surface area contributed by atoms with Crippen molar-refractivity contribution >= 4 is 5.96 Å². The number of aromatic nitrogens is 1. The molecule has 0 aliphatic rings. The van der Waals surface area contributed by atoms with Crippen molar-refractivity contribution < 1.29 is 9.47 Å². The first-order valence-corrected chi connectivity index (χ1v) is 7.17. The maximum atomic E-state index is 5.57. The van der Waals surface area contributed by atoms with E-state index < -0.39 is 0 Å². The Labute approximate surface area is 127 Å². The van der Waals surface area contributed by atoms with E-state index in [4.69, 9.17) is 9.47 Å². The second-order valence-corrected chi connectivity index (χ2v) is 5.12. The van der Waals surface area contributed by atoms with Crippen molar-refractivity contribution in [3.05, 3.63) is 24.5 Å². The highest BCUT2D eigenvalue weighted by molar-refractivity contribution is 5.79. The molecule has 0 aromatic carbocycles. The molecule has 0 bridgehead atoms. The first-order valence-electron chi connectivity index (χ1n) is 7.17. The highest BCUT2D eigenvalue weighted by Gasteiger charge is 2.15. The zero-order chi connectivity index (χ0) is 15.6. The topological polar surface area (TPSA) is 67.8 Å². The molecule has 6 heteroatoms. The summed E-state index contributed by atoms with van der Waals surface area (Å²) in [7, 11) is 1.69. The molecule has 0 atom stereocenters. The standard InChI is InChI=1S/C15H26N4O2/c1-5-17-14(19-12-15(2,3)20-4)18-9-10-21-13-7-6-8-16-11-13/h6-8,11H,5,9-10,12H2,1-4H3,(H2,17,18,19). The molecule has 0 aliphatic carbocycles. The average molecular weight is 294 g/mol. The van der Waals surface area contributed by atoms with Crippen LogP contribution < -0.4 is 15.4 Å². The SMILES string of the molecule is CCNC(=NCC(C)(C)OC)NCCOc1cccnc1. The number of hydrogen-bond acceptors (Lipinski definition) is 4. The van der Waals surface area contributed by atoms with Crippen LogP contribution in [0.1, 0.15) is 20.8 Å². The number of pyridine rings is 1. The van der Waals surface area contributed by atoms with Crippen LogP contribution >= 0.6 is 0 Å². The second-order valence-electron chi connectivity index (χ2n) is 5.12. The van der Waals surface area contributed by atoms with Gasteiger partial charge in [0, 0.05) is 19.9 Å². The van der Waals surface area contributed by atoms with Crippen LogP contribution in [-0.2, 0) is 4.74 Å². The number of hydrogen-bond donors (Lipinski definition) is 2. The number of guanidine groups is 1. The molecular formula is C15H26N4O2. The Morgan fingerprint density at radius 1 is 1.38 bits per heavy atom. The first kappa shape index (κ1) is 17.2. The minimum atomic E-state index is -0.269. The molecule has 0 saturated heterocycles. The van der Waals surface area contributed by atoms with Crippen LogP contribution in [0.15, 0.2) is 29.5 Å². The van der Waals surface area contributed by atoms with Crippen LogP contribution in [0.25, 0.3) is 0 Å². The molecule has 0 unspecified atom stereocenters. The third kappa shape index (κ3) is 7.51. The molecular weight excluding hydrogens is 268 g/mol. The number of nitrogens with one attached hydrogen (secondary N) is 2. The second kappa shape index (κ2) is 9.18. The monoisotopic (exact) mass is 294 g/mol. The Bertz CT molecular complexity index is 421. The predicted molar refractivity (Wildman–Crippen MR) is 84.8 cm³/mol. The van der Waals surface area contributed by atoms with Crippen LogP contribution in [0, 0.1) is 0 Å². The van der Waals surface area contributed by atoms with Gasteiger partial charge < -0.3 is 20.1 Å². The van der Waals surface area contributed by atoms with Crippen LogP contribution in [0.5, 0.6) is 5.75 Å². The zero-order valence-corrected chi connectivity index (χ0v) is 13.3. The van der Waals surface area contributed by atoms with Gasteiger partial charge in [-0.05, 0) is 32.9 Å². The minimum Gasteiger partial charge on any atom is -0.490 e. The number of nitrogens with zero attached hydrogens (tertiary/aromatic N) is 2. The highest BCUT2D eigenvalue weighted by Crippen LogP contribution is 2.07. The molecule has 0 radical (unpaired) electrons. The van der Waals surface area contributed by atoms with Crippen molar-refractivity contribution in [3.8, 4) is 5.75 Å². The van der Waals surface area contributed by atoms with Gasteiger partial charge in [-0.1, -0.05) is 0 Å². The van der Waals surface area contributed by atoms with E-state index >= 15 is 0 Å². The third-order valence-electron chi connectivity index (χ3n) is 2.81. The highest BCUT2D eigenvalue weighted by atomic mass is 16.5. The average Bonchev–Trinajstić information content (AvgIpc) is 2.50. The lowest BCUT2D eigenvalue weighted by atomic mass is 10.1. The van der Waals surface area contributed by atoms with Crippen LogP contribution in [0.2, 0.25) is 0 Å². The van der Waals surface area contributed by atoms with E-state index in [1.165, 1.54) is 0 Å². The maximum Gasteiger partial charge on any atom is 0.191 e. The first-order chi connectivity index (χ1) is 10.1. The van der Waals surface area contributed by atoms with Gasteiger partial charge in [0.05, 0.1) is 24.9 Å². The molecule has 2 N–H and O–H groups in total. The summed E-state index contributed by atoms with van der Waals surface area (Å²) in [6.45, 7) is 8.64. The summed E-state index contributed by atoms with van der Waals surface area (Å²) in [5, 5.41) is 6.42. The van der Waals surface area contributed by atoms with Crippen LogP contribution in [0.4, 0.5) is 0 Å². The van der Waals surface area contributed by atoms with Crippen LogP contribution in [0.3, 0.4) is 0 Å². The number of methoxy groups -OCH3 is 1. The summed E-state index contributed by atoms with van der Waals surface area (Å²) in [4.78, 5) is 8.50. The van der Waals surface area contributed by atoms with Gasteiger partial charge in [-0.2, -0.15) is 0 Å². The number of ether oxygens (including phenoxy) is 2. The Hall–Kier alpha value is -1.82. The molecule has 1 aromatic rings. The van der Waals surface area contributed by atoms with Gasteiger partial charge in [-0.15, -0.1) is 0 Å². The summed E-state index contributed by atoms with van der Waals surface area (Å²) < 4.78 is 10.9. The normalized spacial score (nSPS) is 12.1. The predicted octanol–water partition coefficient (Wildman–Crippen LogP) is 1.44. The minimum absolute atomic E-state index is 0.269. The summed E-state index contributed by atoms with van der Waals surface area (Å²) in [6, 6.07) is 3.73. The lowest BCUT2D eigenvalue weighted by Gasteiger charge is -2.21. The smallest absolute Gasteiger partial charge is 0.191 e. The van der Waals surface area contributed by atoms with E-state index in [-0.39, 0.29) is 5.60 Å². The molecule has 0 fully saturated rings. The Balaban J connectivity index is 2.35. The molecule has 0 aliphatic heterocycles. The fraction of sp³-hybridized carbons (Fsp3) is 0.600. The third-order valence-corrected chi connectivity index (χ3v) is 2.81. The Morgan fingerprint density at radius 3 is 2.81 bits per heavy atom. The Kier molecular flexibility index (Phi) is 7.53. The van der Waals surface area contributed by atoms with Gasteiger partial charge >= 0.3 is 0 Å². The van der Waals surface area contributed by atoms with Crippen LogP contribution in [-0.4, -0.2) is 49.9 Å². The van der Waals surface area contributed by atoms with Gasteiger partial charge in [0.15, 0.2) is 5.96 Å². The van der Waals surface area contributed by atoms with E-state index in [2.05, 4.69) is 20.6 Å². The molecule has 1 heterocycles. The van der Waals surface area contributed by atoms with Gasteiger partial charge in [-0.25, -0.2) is 0 Å². The van der Waals surface area contributed by atoms with Crippen molar-refractivity contribution in [1.29, 1.82) is 0 Å². The molecule has 21 heavy (non-hydrogen) atoms. The van der Waals surface area contributed by atoms with Crippen molar-refractivity contribution in [2.45, 2.75) is 26.4 Å². The van der Waals surface area contributed by atoms with Crippen molar-refractivity contribution in [2.75, 3.05) is 33.4 Å². The quantitative estimate of drug-likeness (QED) is 0.431. The Morgan fingerprint density at radius 2 is 2.19 bits per heavy atom. The van der Waals surface area contributed by atoms with Crippen molar-refractivity contribution in [3.63, 3.8) is 0 Å². The van der Waals surface area contributed by atoms with Crippen molar-refractivity contribution in [2.24, 2.45) is 4.99 Å². The lowest BCUT2D eigenvalue weighted by molar-refractivity contribution is 0.0310. The fourth-order valence-electron chi connectivity index (χ4n) is 1.45. The molecule has 0 saturated carbocycles. The van der Waals surface area contributed by atoms with Gasteiger partial charge in [0.25, 0.3) is 0 Å². The summed E-state index contributed by atoms with van der Waals surface area (Å²) in [5.41, 5.74) is -0.269. The van der Waals surface area contributed by atoms with E-state index in [0.29, 0.717) is 19.7 Å². The van der Waals surface area contributed by atoms with E-state index in [9.17, 15) is 0 Å². The number of aliphatic imine (C=N–C) groups is 1. The zero-order valence-electron chi connectivity index (χ0n) is 13.3. The summed E-state index contributed by atoms with van der Waals surface area (Å²) >= 11 is 0. The molecule has 1 rings (SSSR count). The lowest BCUT2D eigenvalue weighted by Crippen LogP contribution is -2.40. The van der Waals surface area contributed by atoms with E-state index in [1.807, 2.05) is 32.9 Å². The molecule has 1 aromatic heterocycles. The van der Waals surface area contributed by atoms with E-state index in [0.717, 1.165) is 18.3 Å². The van der Waals surface area contributed by atoms with E-state index in [1.54, 1.807) is 19.5 Å². The maximum absolute atomic E-state index is 5.57. The summed E-state index contributed by atoms with van der Waals surface area (Å²) in [6.07, 6.45) is 3.42. The molecule has 6 nitrogen and oxygen atoms in total. The van der Waals surface area contributed by atoms with Gasteiger partial charge in [0.1, 0.15) is 12.4 Å². The van der Waals surface area contributed by atoms with Crippen molar-refractivity contribution in [1.82, 2.24) is 15.6 Å². The van der Waals surface area contributed by atoms with Gasteiger partial charge in [-0.3, -0.25) is 9.98 Å². The molecule has 0 amide bonds.